The first-order valence-electron chi connectivity index (χ1n) is 11.5. The number of halogens is 6. The summed E-state index contributed by atoms with van der Waals surface area (Å²) in [6.45, 7) is 2.78. The summed E-state index contributed by atoms with van der Waals surface area (Å²) < 4.78 is 95.9. The fourth-order valence-corrected chi connectivity index (χ4v) is 4.43. The normalized spacial score (nSPS) is 17.5. The fraction of sp³-hybridized carbons (Fsp3) is 0.440. The van der Waals surface area contributed by atoms with E-state index in [1.807, 2.05) is 0 Å². The van der Waals surface area contributed by atoms with Crippen LogP contribution in [0.5, 0.6) is 5.75 Å². The number of anilines is 1. The van der Waals surface area contributed by atoms with Crippen molar-refractivity contribution in [2.45, 2.75) is 51.2 Å². The molecule has 0 aromatic heterocycles. The van der Waals surface area contributed by atoms with Crippen LogP contribution in [0.15, 0.2) is 36.4 Å². The molecule has 2 aromatic rings. The number of nitrogens with zero attached hydrogens (tertiary/aromatic N) is 2. The minimum atomic E-state index is -5.05. The second kappa shape index (κ2) is 11.0. The number of rotatable bonds is 5. The van der Waals surface area contributed by atoms with Crippen LogP contribution >= 0.6 is 0 Å². The standard InChI is InChI=1S/C25H26F6N2O5/c1-5-38-23(35)33-14(2)8-21(19-12-18(36-3)6-7-20(19)33)32(22(34)37-4)13-15-9-16(24(26,27)28)11-17(10-15)25(29,30)31/h6-7,9-12,14,21H,5,8,13H2,1-4H3. The lowest BCUT2D eigenvalue weighted by Crippen LogP contribution is -2.47. The molecular formula is C25H26F6N2O5. The zero-order valence-electron chi connectivity index (χ0n) is 20.9. The minimum absolute atomic E-state index is 0.0199. The van der Waals surface area contributed by atoms with Gasteiger partial charge in [0.2, 0.25) is 0 Å². The first-order valence-corrected chi connectivity index (χ1v) is 11.5. The molecule has 1 heterocycles. The number of fused-ring (bicyclic) bond motifs is 1. The van der Waals surface area contributed by atoms with Gasteiger partial charge >= 0.3 is 24.5 Å². The maximum absolute atomic E-state index is 13.4. The number of methoxy groups -OCH3 is 2. The Morgan fingerprint density at radius 1 is 1.00 bits per heavy atom. The van der Waals surface area contributed by atoms with E-state index in [-0.39, 0.29) is 19.1 Å². The van der Waals surface area contributed by atoms with E-state index >= 15 is 0 Å². The monoisotopic (exact) mass is 548 g/mol. The largest absolute Gasteiger partial charge is 0.497 e. The molecule has 1 aliphatic rings. The van der Waals surface area contributed by atoms with E-state index in [9.17, 15) is 35.9 Å². The zero-order valence-corrected chi connectivity index (χ0v) is 20.9. The Kier molecular flexibility index (Phi) is 8.37. The third-order valence-corrected chi connectivity index (χ3v) is 6.11. The number of ether oxygens (including phenoxy) is 3. The van der Waals surface area contributed by atoms with Crippen LogP contribution in [-0.4, -0.2) is 44.0 Å². The third-order valence-electron chi connectivity index (χ3n) is 6.11. The van der Waals surface area contributed by atoms with Crippen molar-refractivity contribution in [3.05, 3.63) is 58.7 Å². The van der Waals surface area contributed by atoms with Crippen LogP contribution in [0.3, 0.4) is 0 Å². The highest BCUT2D eigenvalue weighted by Gasteiger charge is 2.41. The summed E-state index contributed by atoms with van der Waals surface area (Å²) >= 11 is 0. The van der Waals surface area contributed by atoms with Crippen LogP contribution in [0, 0.1) is 0 Å². The van der Waals surface area contributed by atoms with E-state index < -0.39 is 59.9 Å². The molecule has 0 N–H and O–H groups in total. The Bertz CT molecular complexity index is 1150. The SMILES string of the molecule is CCOC(=O)N1c2ccc(OC)cc2C(N(Cc2cc(C(F)(F)F)cc(C(F)(F)F)c2)C(=O)OC)CC1C. The number of hydrogen-bond acceptors (Lipinski definition) is 5. The Balaban J connectivity index is 2.15. The van der Waals surface area contributed by atoms with Gasteiger partial charge in [0.15, 0.2) is 0 Å². The van der Waals surface area contributed by atoms with E-state index in [1.54, 1.807) is 32.0 Å². The van der Waals surface area contributed by atoms with Crippen molar-refractivity contribution in [1.82, 2.24) is 4.90 Å². The molecule has 2 amide bonds. The van der Waals surface area contributed by atoms with Crippen LogP contribution in [0.25, 0.3) is 0 Å². The molecule has 0 bridgehead atoms. The molecule has 13 heteroatoms. The van der Waals surface area contributed by atoms with Gasteiger partial charge in [0.05, 0.1) is 43.7 Å². The predicted octanol–water partition coefficient (Wildman–Crippen LogP) is 6.80. The first kappa shape index (κ1) is 28.9. The number of alkyl halides is 6. The first-order chi connectivity index (χ1) is 17.7. The lowest BCUT2D eigenvalue weighted by atomic mass is 9.90. The molecule has 0 aliphatic carbocycles. The number of benzene rings is 2. The van der Waals surface area contributed by atoms with Crippen LogP contribution in [-0.2, 0) is 28.4 Å². The van der Waals surface area contributed by atoms with Crippen molar-refractivity contribution >= 4 is 17.9 Å². The van der Waals surface area contributed by atoms with Gasteiger partial charge < -0.3 is 14.2 Å². The molecule has 0 saturated heterocycles. The molecule has 7 nitrogen and oxygen atoms in total. The number of hydrogen-bond donors (Lipinski definition) is 0. The Morgan fingerprint density at radius 3 is 2.11 bits per heavy atom. The van der Waals surface area contributed by atoms with Gasteiger partial charge in [-0.15, -0.1) is 0 Å². The van der Waals surface area contributed by atoms with Gasteiger partial charge in [-0.3, -0.25) is 9.80 Å². The van der Waals surface area contributed by atoms with Crippen LogP contribution in [0.1, 0.15) is 48.6 Å². The van der Waals surface area contributed by atoms with Crippen molar-refractivity contribution in [2.75, 3.05) is 25.7 Å². The fourth-order valence-electron chi connectivity index (χ4n) is 4.43. The van der Waals surface area contributed by atoms with Gasteiger partial charge in [0.1, 0.15) is 5.75 Å². The topological polar surface area (TPSA) is 68.3 Å². The second-order valence-electron chi connectivity index (χ2n) is 8.61. The predicted molar refractivity (Wildman–Crippen MR) is 124 cm³/mol. The molecule has 0 spiro atoms. The van der Waals surface area contributed by atoms with Crippen LogP contribution < -0.4 is 9.64 Å². The molecule has 0 fully saturated rings. The van der Waals surface area contributed by atoms with Crippen molar-refractivity contribution in [2.24, 2.45) is 0 Å². The summed E-state index contributed by atoms with van der Waals surface area (Å²) in [7, 11) is 2.44. The lowest BCUT2D eigenvalue weighted by molar-refractivity contribution is -0.143. The molecule has 2 unspecified atom stereocenters. The van der Waals surface area contributed by atoms with Gasteiger partial charge in [0, 0.05) is 18.2 Å². The molecule has 208 valence electrons. The number of carbonyl (C=O) groups is 2. The molecule has 0 saturated carbocycles. The van der Waals surface area contributed by atoms with Crippen molar-refractivity contribution < 1.29 is 50.1 Å². The summed E-state index contributed by atoms with van der Waals surface area (Å²) in [5.74, 6) is 0.357. The summed E-state index contributed by atoms with van der Waals surface area (Å²) in [5, 5.41) is 0. The summed E-state index contributed by atoms with van der Waals surface area (Å²) in [6.07, 6.45) is -11.6. The average molecular weight is 548 g/mol. The number of carbonyl (C=O) groups excluding carboxylic acids is 2. The van der Waals surface area contributed by atoms with E-state index in [0.29, 0.717) is 29.1 Å². The molecule has 2 aromatic carbocycles. The van der Waals surface area contributed by atoms with E-state index in [1.165, 1.54) is 12.0 Å². The van der Waals surface area contributed by atoms with E-state index in [4.69, 9.17) is 14.2 Å². The van der Waals surface area contributed by atoms with Gasteiger partial charge in [-0.05, 0) is 62.2 Å². The van der Waals surface area contributed by atoms with Gasteiger partial charge in [0.25, 0.3) is 0 Å². The van der Waals surface area contributed by atoms with E-state index in [2.05, 4.69) is 0 Å². The van der Waals surface area contributed by atoms with E-state index in [0.717, 1.165) is 12.0 Å². The smallest absolute Gasteiger partial charge is 0.416 e. The lowest BCUT2D eigenvalue weighted by Gasteiger charge is -2.42. The number of amides is 2. The van der Waals surface area contributed by atoms with Crippen LogP contribution in [0.2, 0.25) is 0 Å². The highest BCUT2D eigenvalue weighted by molar-refractivity contribution is 5.90. The maximum atomic E-state index is 13.4. The quantitative estimate of drug-likeness (QED) is 0.385. The van der Waals surface area contributed by atoms with Gasteiger partial charge in [-0.25, -0.2) is 9.59 Å². The minimum Gasteiger partial charge on any atom is -0.497 e. The van der Waals surface area contributed by atoms with Crippen molar-refractivity contribution in [3.8, 4) is 5.75 Å². The molecule has 3 rings (SSSR count). The summed E-state index contributed by atoms with van der Waals surface area (Å²) in [4.78, 5) is 28.0. The molecule has 0 radical (unpaired) electrons. The highest BCUT2D eigenvalue weighted by Crippen LogP contribution is 2.44. The second-order valence-corrected chi connectivity index (χ2v) is 8.61. The van der Waals surface area contributed by atoms with Crippen molar-refractivity contribution in [3.63, 3.8) is 0 Å². The third kappa shape index (κ3) is 6.08. The Hall–Kier alpha value is -3.64. The molecule has 1 aliphatic heterocycles. The molecule has 2 atom stereocenters. The maximum Gasteiger partial charge on any atom is 0.416 e. The van der Waals surface area contributed by atoms with Crippen molar-refractivity contribution in [1.29, 1.82) is 0 Å². The molecular weight excluding hydrogens is 522 g/mol. The summed E-state index contributed by atoms with van der Waals surface area (Å²) in [5.41, 5.74) is -2.67. The molecule has 38 heavy (non-hydrogen) atoms. The Morgan fingerprint density at radius 2 is 1.61 bits per heavy atom. The zero-order chi connectivity index (χ0) is 28.4. The van der Waals surface area contributed by atoms with Crippen LogP contribution in [0.4, 0.5) is 41.6 Å². The highest BCUT2D eigenvalue weighted by atomic mass is 19.4. The summed E-state index contributed by atoms with van der Waals surface area (Å²) in [6, 6.07) is 4.38. The average Bonchev–Trinajstić information content (AvgIpc) is 2.85. The van der Waals surface area contributed by atoms with Gasteiger partial charge in [-0.1, -0.05) is 0 Å². The Labute approximate surface area is 214 Å². The van der Waals surface area contributed by atoms with Gasteiger partial charge in [-0.2, -0.15) is 26.3 Å².